The van der Waals surface area contributed by atoms with Gasteiger partial charge in [0.05, 0.1) is 0 Å². The molecule has 1 rings (SSSR count). The largest absolute Gasteiger partial charge is 0.481 e. The fourth-order valence-electron chi connectivity index (χ4n) is 1.38. The summed E-state index contributed by atoms with van der Waals surface area (Å²) in [4.78, 5) is 20.4. The van der Waals surface area contributed by atoms with Crippen LogP contribution in [0.1, 0.15) is 39.5 Å². The van der Waals surface area contributed by atoms with Gasteiger partial charge in [-0.3, -0.25) is 4.79 Å². The minimum Gasteiger partial charge on any atom is -0.481 e. The maximum absolute atomic E-state index is 11.8. The molecular formula is C14H22AsNO7. The second kappa shape index (κ2) is 11.9. The molecule has 0 saturated heterocycles. The van der Waals surface area contributed by atoms with Gasteiger partial charge in [0.15, 0.2) is 0 Å². The monoisotopic (exact) mass is 391 g/mol. The normalized spacial score (nSPS) is 12.5. The molecule has 0 spiro atoms. The van der Waals surface area contributed by atoms with Gasteiger partial charge in [0.2, 0.25) is 0 Å². The molecule has 8 nitrogen and oxygen atoms in total. The summed E-state index contributed by atoms with van der Waals surface area (Å²) in [5.74, 6) is -1.22. The van der Waals surface area contributed by atoms with Crippen LogP contribution in [0.2, 0.25) is 0 Å². The molecular weight excluding hydrogens is 369 g/mol. The summed E-state index contributed by atoms with van der Waals surface area (Å²) in [7, 11) is 0. The third kappa shape index (κ3) is 9.91. The Balaban J connectivity index is 0.000000515. The molecule has 0 heterocycles. The van der Waals surface area contributed by atoms with Gasteiger partial charge in [0.1, 0.15) is 0 Å². The van der Waals surface area contributed by atoms with Crippen LogP contribution in [0.3, 0.4) is 0 Å². The van der Waals surface area contributed by atoms with E-state index >= 15 is 0 Å². The van der Waals surface area contributed by atoms with E-state index in [4.69, 9.17) is 10.4 Å². The molecule has 1 unspecified atom stereocenters. The number of hydrogen-bond acceptors (Lipinski definition) is 6. The number of rotatable bonds is 8. The average molecular weight is 391 g/mol. The maximum Gasteiger partial charge on any atom is 0.303 e. The summed E-state index contributed by atoms with van der Waals surface area (Å²) in [6.07, 6.45) is 3.28. The molecule has 1 amide bonds. The van der Waals surface area contributed by atoms with E-state index in [1.165, 1.54) is 19.1 Å². The van der Waals surface area contributed by atoms with Crippen LogP contribution in [-0.2, 0) is 21.0 Å². The van der Waals surface area contributed by atoms with Gasteiger partial charge in [-0.15, -0.1) is 0 Å². The molecule has 1 atom stereocenters. The Morgan fingerprint density at radius 3 is 2.26 bits per heavy atom. The number of hydrogen-bond donors (Lipinski definition) is 3. The number of benzene rings is 1. The molecule has 0 bridgehead atoms. The van der Waals surface area contributed by atoms with E-state index < -0.39 is 26.0 Å². The molecule has 0 fully saturated rings. The molecule has 0 aromatic heterocycles. The predicted molar refractivity (Wildman–Crippen MR) is 82.9 cm³/mol. The fourth-order valence-corrected chi connectivity index (χ4v) is 3.52. The van der Waals surface area contributed by atoms with Gasteiger partial charge in [0, 0.05) is 6.42 Å². The summed E-state index contributed by atoms with van der Waals surface area (Å²) in [6.45, 7) is 3.24. The molecule has 0 aliphatic carbocycles. The molecule has 23 heavy (non-hydrogen) atoms. The summed E-state index contributed by atoms with van der Waals surface area (Å²) < 4.78 is 20.5. The summed E-state index contributed by atoms with van der Waals surface area (Å²) in [5.41, 5.74) is 1.88. The van der Waals surface area contributed by atoms with Crippen molar-refractivity contribution in [2.24, 2.45) is 0 Å². The van der Waals surface area contributed by atoms with Crippen molar-refractivity contribution in [2.75, 3.05) is 0 Å². The van der Waals surface area contributed by atoms with E-state index in [-0.39, 0.29) is 4.35 Å². The maximum atomic E-state index is 11.8. The minimum absolute atomic E-state index is 0.201. The van der Waals surface area contributed by atoms with Crippen LogP contribution in [-0.4, -0.2) is 36.4 Å². The van der Waals surface area contributed by atoms with Gasteiger partial charge < -0.3 is 5.11 Å². The molecule has 0 radical (unpaired) electrons. The molecule has 0 aliphatic heterocycles. The van der Waals surface area contributed by atoms with Crippen molar-refractivity contribution in [2.45, 2.75) is 39.5 Å². The van der Waals surface area contributed by atoms with Crippen LogP contribution in [0.25, 0.3) is 0 Å². The van der Waals surface area contributed by atoms with Crippen molar-refractivity contribution in [3.63, 3.8) is 0 Å². The van der Waals surface area contributed by atoms with Crippen molar-refractivity contribution in [3.05, 3.63) is 30.3 Å². The number of aliphatic carboxylic acids is 1. The first-order valence-electron chi connectivity index (χ1n) is 7.01. The Labute approximate surface area is 137 Å². The fraction of sp³-hybridized carbons (Fsp3) is 0.429. The first-order chi connectivity index (χ1) is 10.9. The zero-order chi connectivity index (χ0) is 17.7. The summed E-state index contributed by atoms with van der Waals surface area (Å²) in [6, 6.07) is 7.87. The van der Waals surface area contributed by atoms with Gasteiger partial charge in [-0.2, -0.15) is 0 Å². The van der Waals surface area contributed by atoms with Gasteiger partial charge in [-0.1, -0.05) is 19.8 Å². The van der Waals surface area contributed by atoms with E-state index in [2.05, 4.69) is 14.6 Å². The van der Waals surface area contributed by atoms with Crippen molar-refractivity contribution in [1.82, 2.24) is 5.48 Å². The average Bonchev–Trinajstić information content (AvgIpc) is 2.54. The number of carbonyl (C=O) groups excluding carboxylic acids is 1. The van der Waals surface area contributed by atoms with Gasteiger partial charge in [0.25, 0.3) is 0 Å². The van der Waals surface area contributed by atoms with Gasteiger partial charge in [-0.05, 0) is 6.42 Å². The topological polar surface area (TPSA) is 122 Å². The van der Waals surface area contributed by atoms with Crippen LogP contribution in [0.15, 0.2) is 30.3 Å². The van der Waals surface area contributed by atoms with Crippen LogP contribution < -0.4 is 9.83 Å². The van der Waals surface area contributed by atoms with Crippen molar-refractivity contribution < 1.29 is 31.4 Å². The molecule has 130 valence electrons. The Kier molecular flexibility index (Phi) is 11.1. The third-order valence-corrected chi connectivity index (χ3v) is 5.58. The predicted octanol–water partition coefficient (Wildman–Crippen LogP) is 1.47. The van der Waals surface area contributed by atoms with Crippen molar-refractivity contribution in [1.29, 1.82) is 0 Å². The second-order valence-corrected chi connectivity index (χ2v) is 8.41. The second-order valence-electron chi connectivity index (χ2n) is 4.52. The van der Waals surface area contributed by atoms with Crippen LogP contribution in [0, 0.1) is 0 Å². The quantitative estimate of drug-likeness (QED) is 0.265. The zero-order valence-corrected chi connectivity index (χ0v) is 15.0. The van der Waals surface area contributed by atoms with E-state index in [0.29, 0.717) is 6.42 Å². The molecule has 3 N–H and O–H groups in total. The molecule has 0 aliphatic rings. The first-order valence-corrected chi connectivity index (χ1v) is 10.2. The molecule has 9 heteroatoms. The Hall–Kier alpha value is -1.60. The number of unbranched alkanes of at least 4 members (excludes halogenated alkanes) is 2. The number of hydroxylamine groups is 1. The molecule has 0 saturated carbocycles. The number of amides is 1. The standard InChI is InChI=1S/C8H10AsNO5.C6H12O2/c1-7(11)10-14-9(12,15-13)8-5-3-2-4-6-8;1-2-3-4-5-6(7)8/h2-6,13H,1H3,(H,10,11);2-5H2,1H3,(H,7,8). The van der Waals surface area contributed by atoms with Gasteiger partial charge >= 0.3 is 94.6 Å². The third-order valence-electron chi connectivity index (χ3n) is 2.48. The van der Waals surface area contributed by atoms with Crippen molar-refractivity contribution in [3.8, 4) is 0 Å². The molecule has 1 aromatic carbocycles. The smallest absolute Gasteiger partial charge is 0.303 e. The zero-order valence-electron chi connectivity index (χ0n) is 13.1. The number of nitrogens with one attached hydrogen (secondary N) is 1. The molecule has 1 aromatic rings. The van der Waals surface area contributed by atoms with Crippen LogP contribution >= 0.6 is 0 Å². The first kappa shape index (κ1) is 21.4. The van der Waals surface area contributed by atoms with Gasteiger partial charge in [-0.25, -0.2) is 0 Å². The van der Waals surface area contributed by atoms with E-state index in [1.54, 1.807) is 18.2 Å². The number of carbonyl (C=O) groups is 2. The SMILES string of the molecule is CC(=O)NO[As](=O)(OO)c1ccccc1.CCCCCC(=O)O. The number of carboxylic acids is 1. The van der Waals surface area contributed by atoms with E-state index in [1.807, 2.05) is 5.48 Å². The van der Waals surface area contributed by atoms with E-state index in [0.717, 1.165) is 19.3 Å². The Bertz CT molecular complexity index is 521. The summed E-state index contributed by atoms with van der Waals surface area (Å²) >= 11 is -4.55. The Morgan fingerprint density at radius 2 is 1.83 bits per heavy atom. The van der Waals surface area contributed by atoms with Crippen LogP contribution in [0.5, 0.6) is 0 Å². The van der Waals surface area contributed by atoms with E-state index in [9.17, 15) is 13.3 Å². The Morgan fingerprint density at radius 1 is 1.22 bits per heavy atom. The summed E-state index contributed by atoms with van der Waals surface area (Å²) in [5, 5.41) is 16.7. The number of carboxylic acid groups (broad SMARTS) is 1. The minimum atomic E-state index is -4.55. The van der Waals surface area contributed by atoms with Crippen LogP contribution in [0.4, 0.5) is 0 Å². The van der Waals surface area contributed by atoms with Crippen molar-refractivity contribution >= 4 is 30.4 Å².